The largest absolute Gasteiger partial charge is 0.357 e. The highest BCUT2D eigenvalue weighted by atomic mass is 15.3. The maximum atomic E-state index is 4.48. The van der Waals surface area contributed by atoms with Gasteiger partial charge >= 0.3 is 0 Å². The molecule has 0 aliphatic carbocycles. The van der Waals surface area contributed by atoms with Crippen LogP contribution in [0, 0.1) is 0 Å². The van der Waals surface area contributed by atoms with Crippen molar-refractivity contribution in [3.8, 4) is 0 Å². The summed E-state index contributed by atoms with van der Waals surface area (Å²) in [4.78, 5) is 19.3. The van der Waals surface area contributed by atoms with Gasteiger partial charge in [0.1, 0.15) is 0 Å². The molecule has 0 aliphatic heterocycles. The van der Waals surface area contributed by atoms with Crippen LogP contribution >= 0.6 is 0 Å². The van der Waals surface area contributed by atoms with Gasteiger partial charge in [0, 0.05) is 39.1 Å². The minimum absolute atomic E-state index is 0.559. The van der Waals surface area contributed by atoms with E-state index in [1.54, 1.807) is 19.4 Å². The third-order valence-electron chi connectivity index (χ3n) is 3.09. The molecular weight excluding hydrogens is 266 g/mol. The fraction of sp³-hybridized carbons (Fsp3) is 0.429. The standard InChI is InChI=1S/C14H21N7/c1-4-21(5-2)14-19-12(15-3)18-13(20-14)17-10-11-6-8-16-9-7-11/h6-9H,4-5,10H2,1-3H3,(H2,15,17,18,19,20). The normalized spacial score (nSPS) is 10.2. The summed E-state index contributed by atoms with van der Waals surface area (Å²) >= 11 is 0. The molecule has 0 radical (unpaired) electrons. The van der Waals surface area contributed by atoms with E-state index in [0.717, 1.165) is 18.7 Å². The van der Waals surface area contributed by atoms with Crippen LogP contribution in [0.1, 0.15) is 19.4 Å². The zero-order chi connectivity index (χ0) is 15.1. The van der Waals surface area contributed by atoms with Crippen molar-refractivity contribution in [3.05, 3.63) is 30.1 Å². The number of anilines is 3. The van der Waals surface area contributed by atoms with Crippen molar-refractivity contribution in [1.82, 2.24) is 19.9 Å². The summed E-state index contributed by atoms with van der Waals surface area (Å²) < 4.78 is 0. The van der Waals surface area contributed by atoms with Crippen LogP contribution < -0.4 is 15.5 Å². The molecule has 2 N–H and O–H groups in total. The second-order valence-corrected chi connectivity index (χ2v) is 4.41. The molecule has 0 unspecified atom stereocenters. The molecule has 2 heterocycles. The van der Waals surface area contributed by atoms with Gasteiger partial charge in [-0.25, -0.2) is 0 Å². The van der Waals surface area contributed by atoms with Crippen molar-refractivity contribution < 1.29 is 0 Å². The van der Waals surface area contributed by atoms with Gasteiger partial charge < -0.3 is 15.5 Å². The van der Waals surface area contributed by atoms with Gasteiger partial charge in [0.2, 0.25) is 17.8 Å². The number of nitrogens with one attached hydrogen (secondary N) is 2. The molecule has 0 aromatic carbocycles. The Morgan fingerprint density at radius 2 is 1.67 bits per heavy atom. The Morgan fingerprint density at radius 1 is 1.00 bits per heavy atom. The summed E-state index contributed by atoms with van der Waals surface area (Å²) in [6.45, 7) is 6.51. The Kier molecular flexibility index (Phi) is 5.25. The molecule has 21 heavy (non-hydrogen) atoms. The topological polar surface area (TPSA) is 78.9 Å². The first-order chi connectivity index (χ1) is 10.3. The molecule has 112 valence electrons. The van der Waals surface area contributed by atoms with Crippen LogP contribution in [0.2, 0.25) is 0 Å². The van der Waals surface area contributed by atoms with Gasteiger partial charge in [0.15, 0.2) is 0 Å². The lowest BCUT2D eigenvalue weighted by molar-refractivity contribution is 0.812. The van der Waals surface area contributed by atoms with E-state index in [2.05, 4.69) is 49.3 Å². The molecule has 0 aliphatic rings. The smallest absolute Gasteiger partial charge is 0.231 e. The summed E-state index contributed by atoms with van der Waals surface area (Å²) in [6, 6.07) is 3.91. The highest BCUT2D eigenvalue weighted by Crippen LogP contribution is 2.13. The molecule has 0 amide bonds. The first-order valence-corrected chi connectivity index (χ1v) is 7.08. The van der Waals surface area contributed by atoms with Crippen LogP contribution in [-0.4, -0.2) is 40.1 Å². The quantitative estimate of drug-likeness (QED) is 0.803. The molecule has 2 aromatic heterocycles. The third kappa shape index (κ3) is 4.01. The lowest BCUT2D eigenvalue weighted by Gasteiger charge is -2.19. The van der Waals surface area contributed by atoms with Crippen molar-refractivity contribution in [2.75, 3.05) is 35.7 Å². The molecule has 0 atom stereocenters. The Hall–Kier alpha value is -2.44. The van der Waals surface area contributed by atoms with Crippen molar-refractivity contribution in [1.29, 1.82) is 0 Å². The molecule has 0 saturated carbocycles. The monoisotopic (exact) mass is 287 g/mol. The molecule has 0 spiro atoms. The highest BCUT2D eigenvalue weighted by molar-refractivity contribution is 5.43. The molecule has 7 heteroatoms. The van der Waals surface area contributed by atoms with Crippen LogP contribution in [0.15, 0.2) is 24.5 Å². The fourth-order valence-corrected chi connectivity index (χ4v) is 1.89. The summed E-state index contributed by atoms with van der Waals surface area (Å²) in [6.07, 6.45) is 3.54. The number of aromatic nitrogens is 4. The van der Waals surface area contributed by atoms with E-state index in [1.807, 2.05) is 12.1 Å². The minimum Gasteiger partial charge on any atom is -0.357 e. The zero-order valence-corrected chi connectivity index (χ0v) is 12.7. The number of pyridine rings is 1. The predicted molar refractivity (Wildman–Crippen MR) is 84.5 cm³/mol. The number of nitrogens with zero attached hydrogens (tertiary/aromatic N) is 5. The average Bonchev–Trinajstić information content (AvgIpc) is 2.55. The predicted octanol–water partition coefficient (Wildman–Crippen LogP) is 1.77. The second-order valence-electron chi connectivity index (χ2n) is 4.41. The van der Waals surface area contributed by atoms with E-state index < -0.39 is 0 Å². The van der Waals surface area contributed by atoms with E-state index in [9.17, 15) is 0 Å². The molecule has 0 fully saturated rings. The number of hydrogen-bond acceptors (Lipinski definition) is 7. The molecule has 0 bridgehead atoms. The van der Waals surface area contributed by atoms with Crippen LogP contribution in [0.3, 0.4) is 0 Å². The fourth-order valence-electron chi connectivity index (χ4n) is 1.89. The SMILES string of the molecule is CCN(CC)c1nc(NC)nc(NCc2ccncc2)n1. The Bertz CT molecular complexity index is 555. The van der Waals surface area contributed by atoms with Gasteiger partial charge in [-0.3, -0.25) is 4.98 Å². The van der Waals surface area contributed by atoms with Gasteiger partial charge in [-0.15, -0.1) is 0 Å². The zero-order valence-electron chi connectivity index (χ0n) is 12.7. The summed E-state index contributed by atoms with van der Waals surface area (Å²) in [5, 5.41) is 6.19. The Morgan fingerprint density at radius 3 is 2.29 bits per heavy atom. The van der Waals surface area contributed by atoms with Crippen LogP contribution in [0.5, 0.6) is 0 Å². The minimum atomic E-state index is 0.559. The first-order valence-electron chi connectivity index (χ1n) is 7.08. The van der Waals surface area contributed by atoms with Gasteiger partial charge in [-0.1, -0.05) is 0 Å². The molecule has 2 aromatic rings. The Balaban J connectivity index is 2.16. The van der Waals surface area contributed by atoms with Crippen molar-refractivity contribution in [2.45, 2.75) is 20.4 Å². The molecule has 0 saturated heterocycles. The first kappa shape index (κ1) is 15.0. The van der Waals surface area contributed by atoms with E-state index in [1.165, 1.54) is 0 Å². The van der Waals surface area contributed by atoms with E-state index >= 15 is 0 Å². The van der Waals surface area contributed by atoms with E-state index in [0.29, 0.717) is 24.4 Å². The van der Waals surface area contributed by atoms with Crippen molar-refractivity contribution in [2.24, 2.45) is 0 Å². The molecule has 7 nitrogen and oxygen atoms in total. The van der Waals surface area contributed by atoms with Crippen LogP contribution in [0.25, 0.3) is 0 Å². The van der Waals surface area contributed by atoms with Gasteiger partial charge in [0.25, 0.3) is 0 Å². The summed E-state index contributed by atoms with van der Waals surface area (Å²) in [5.41, 5.74) is 1.13. The highest BCUT2D eigenvalue weighted by Gasteiger charge is 2.10. The maximum absolute atomic E-state index is 4.48. The van der Waals surface area contributed by atoms with Crippen LogP contribution in [-0.2, 0) is 6.54 Å². The lowest BCUT2D eigenvalue weighted by atomic mass is 10.3. The van der Waals surface area contributed by atoms with Gasteiger partial charge in [0.05, 0.1) is 0 Å². The van der Waals surface area contributed by atoms with Crippen LogP contribution in [0.4, 0.5) is 17.8 Å². The average molecular weight is 287 g/mol. The Labute approximate surface area is 124 Å². The van der Waals surface area contributed by atoms with E-state index in [4.69, 9.17) is 0 Å². The second kappa shape index (κ2) is 7.37. The van der Waals surface area contributed by atoms with Crippen molar-refractivity contribution in [3.63, 3.8) is 0 Å². The molecular formula is C14H21N7. The maximum Gasteiger partial charge on any atom is 0.231 e. The summed E-state index contributed by atoms with van der Waals surface area (Å²) in [5.74, 6) is 1.80. The van der Waals surface area contributed by atoms with E-state index in [-0.39, 0.29) is 0 Å². The third-order valence-corrected chi connectivity index (χ3v) is 3.09. The van der Waals surface area contributed by atoms with Gasteiger partial charge in [-0.05, 0) is 31.5 Å². The molecule has 2 rings (SSSR count). The number of hydrogen-bond donors (Lipinski definition) is 2. The number of rotatable bonds is 7. The van der Waals surface area contributed by atoms with Gasteiger partial charge in [-0.2, -0.15) is 15.0 Å². The lowest BCUT2D eigenvalue weighted by Crippen LogP contribution is -2.25. The summed E-state index contributed by atoms with van der Waals surface area (Å²) in [7, 11) is 1.80. The van der Waals surface area contributed by atoms with Crippen molar-refractivity contribution >= 4 is 17.8 Å².